The van der Waals surface area contributed by atoms with E-state index in [1.54, 1.807) is 18.3 Å². The first-order valence-corrected chi connectivity index (χ1v) is 9.34. The molecule has 132 valence electrons. The molecule has 0 unspecified atom stereocenters. The molecule has 1 aromatic heterocycles. The largest absolute Gasteiger partial charge is 0.478 e. The number of rotatable bonds is 4. The Labute approximate surface area is 170 Å². The molecule has 3 aromatic rings. The number of halogens is 2. The summed E-state index contributed by atoms with van der Waals surface area (Å²) >= 11 is 8.29. The molecular formula is C20H16ClIN2O2. The van der Waals surface area contributed by atoms with E-state index in [0.29, 0.717) is 5.69 Å². The Morgan fingerprint density at radius 2 is 1.85 bits per heavy atom. The van der Waals surface area contributed by atoms with E-state index >= 15 is 0 Å². The fourth-order valence-corrected chi connectivity index (χ4v) is 3.42. The maximum Gasteiger partial charge on any atom is 0.337 e. The number of hydrogen-bond donors (Lipinski definition) is 1. The fraction of sp³-hybridized carbons (Fsp3) is 0.100. The van der Waals surface area contributed by atoms with Crippen LogP contribution >= 0.6 is 34.2 Å². The van der Waals surface area contributed by atoms with Crippen molar-refractivity contribution in [3.8, 4) is 5.69 Å². The molecule has 1 N–H and O–H groups in total. The molecule has 0 atom stereocenters. The van der Waals surface area contributed by atoms with Crippen LogP contribution in [0, 0.1) is 17.4 Å². The molecule has 0 radical (unpaired) electrons. The van der Waals surface area contributed by atoms with Crippen LogP contribution in [0.2, 0.25) is 5.02 Å². The first-order valence-electron chi connectivity index (χ1n) is 7.88. The number of aliphatic imine (C=N–C) groups is 1. The Balaban J connectivity index is 1.92. The van der Waals surface area contributed by atoms with E-state index in [1.165, 1.54) is 9.64 Å². The molecule has 2 aromatic carbocycles. The Morgan fingerprint density at radius 3 is 2.46 bits per heavy atom. The lowest BCUT2D eigenvalue weighted by atomic mass is 10.2. The number of hydrogen-bond acceptors (Lipinski definition) is 2. The van der Waals surface area contributed by atoms with Crippen LogP contribution in [0.5, 0.6) is 0 Å². The van der Waals surface area contributed by atoms with E-state index in [0.717, 1.165) is 22.6 Å². The van der Waals surface area contributed by atoms with E-state index in [2.05, 4.69) is 69.4 Å². The third-order valence-electron chi connectivity index (χ3n) is 4.09. The molecule has 1 heterocycles. The molecule has 0 aliphatic heterocycles. The third kappa shape index (κ3) is 3.83. The molecule has 0 fully saturated rings. The molecule has 26 heavy (non-hydrogen) atoms. The summed E-state index contributed by atoms with van der Waals surface area (Å²) < 4.78 is 3.37. The van der Waals surface area contributed by atoms with Crippen molar-refractivity contribution in [1.29, 1.82) is 0 Å². The van der Waals surface area contributed by atoms with Crippen LogP contribution in [0.25, 0.3) is 5.69 Å². The van der Waals surface area contributed by atoms with Gasteiger partial charge in [0.15, 0.2) is 0 Å². The molecule has 6 heteroatoms. The van der Waals surface area contributed by atoms with Crippen LogP contribution in [-0.2, 0) is 0 Å². The van der Waals surface area contributed by atoms with Crippen molar-refractivity contribution in [1.82, 2.24) is 4.57 Å². The summed E-state index contributed by atoms with van der Waals surface area (Å²) in [7, 11) is 0. The SMILES string of the molecule is Cc1cc(C=Nc2ccc(C(=O)O)c(Cl)c2)c(C)n1-c1ccc(I)cc1. The molecule has 3 rings (SSSR count). The van der Waals surface area contributed by atoms with Crippen molar-refractivity contribution in [2.75, 3.05) is 0 Å². The number of carbonyl (C=O) groups is 1. The van der Waals surface area contributed by atoms with Crippen molar-refractivity contribution >= 4 is 52.1 Å². The van der Waals surface area contributed by atoms with Gasteiger partial charge in [0.1, 0.15) is 0 Å². The topological polar surface area (TPSA) is 54.6 Å². The van der Waals surface area contributed by atoms with Gasteiger partial charge in [-0.05, 0) is 85.0 Å². The van der Waals surface area contributed by atoms with E-state index < -0.39 is 5.97 Å². The summed E-state index contributed by atoms with van der Waals surface area (Å²) in [5, 5.41) is 9.21. The van der Waals surface area contributed by atoms with Crippen LogP contribution in [-0.4, -0.2) is 21.9 Å². The predicted octanol–water partition coefficient (Wildman–Crippen LogP) is 5.80. The zero-order valence-electron chi connectivity index (χ0n) is 14.2. The van der Waals surface area contributed by atoms with Crippen LogP contribution in [0.15, 0.2) is 53.5 Å². The molecule has 0 amide bonds. The van der Waals surface area contributed by atoms with Crippen LogP contribution in [0.4, 0.5) is 5.69 Å². The van der Waals surface area contributed by atoms with E-state index in [4.69, 9.17) is 16.7 Å². The lowest BCUT2D eigenvalue weighted by Crippen LogP contribution is -1.99. The third-order valence-corrected chi connectivity index (χ3v) is 5.12. The normalized spacial score (nSPS) is 11.2. The second-order valence-corrected chi connectivity index (χ2v) is 7.52. The van der Waals surface area contributed by atoms with Gasteiger partial charge in [0.2, 0.25) is 0 Å². The first-order chi connectivity index (χ1) is 12.4. The number of carboxylic acids is 1. The number of benzene rings is 2. The highest BCUT2D eigenvalue weighted by molar-refractivity contribution is 14.1. The van der Waals surface area contributed by atoms with Gasteiger partial charge in [0.05, 0.1) is 16.3 Å². The Kier molecular flexibility index (Phi) is 5.48. The predicted molar refractivity (Wildman–Crippen MR) is 114 cm³/mol. The number of aryl methyl sites for hydroxylation is 1. The van der Waals surface area contributed by atoms with E-state index in [1.807, 2.05) is 6.92 Å². The maximum atomic E-state index is 11.0. The van der Waals surface area contributed by atoms with Crippen molar-refractivity contribution in [2.45, 2.75) is 13.8 Å². The highest BCUT2D eigenvalue weighted by Gasteiger charge is 2.10. The van der Waals surface area contributed by atoms with Crippen molar-refractivity contribution in [3.63, 3.8) is 0 Å². The maximum absolute atomic E-state index is 11.0. The second kappa shape index (κ2) is 7.63. The number of nitrogens with zero attached hydrogens (tertiary/aromatic N) is 2. The molecular weight excluding hydrogens is 463 g/mol. The van der Waals surface area contributed by atoms with Crippen LogP contribution in [0.1, 0.15) is 27.3 Å². The molecule has 0 aliphatic rings. The highest BCUT2D eigenvalue weighted by atomic mass is 127. The lowest BCUT2D eigenvalue weighted by molar-refractivity contribution is 0.0697. The number of aromatic carboxylic acids is 1. The van der Waals surface area contributed by atoms with Crippen molar-refractivity contribution < 1.29 is 9.90 Å². The number of carboxylic acid groups (broad SMARTS) is 1. The summed E-state index contributed by atoms with van der Waals surface area (Å²) in [5.74, 6) is -1.05. The minimum atomic E-state index is -1.05. The van der Waals surface area contributed by atoms with Crippen molar-refractivity contribution in [2.24, 2.45) is 4.99 Å². The average Bonchev–Trinajstić information content (AvgIpc) is 2.87. The fourth-order valence-electron chi connectivity index (χ4n) is 2.81. The minimum Gasteiger partial charge on any atom is -0.478 e. The van der Waals surface area contributed by atoms with Gasteiger partial charge < -0.3 is 9.67 Å². The summed E-state index contributed by atoms with van der Waals surface area (Å²) in [6, 6.07) is 15.1. The van der Waals surface area contributed by atoms with Crippen molar-refractivity contribution in [3.05, 3.63) is 79.6 Å². The Bertz CT molecular complexity index is 1010. The van der Waals surface area contributed by atoms with Crippen LogP contribution < -0.4 is 0 Å². The zero-order chi connectivity index (χ0) is 18.8. The van der Waals surface area contributed by atoms with Gasteiger partial charge in [-0.25, -0.2) is 4.79 Å². The van der Waals surface area contributed by atoms with Gasteiger partial charge in [-0.1, -0.05) is 11.6 Å². The van der Waals surface area contributed by atoms with Gasteiger partial charge in [0.25, 0.3) is 0 Å². The molecule has 0 bridgehead atoms. The molecule has 0 aliphatic carbocycles. The van der Waals surface area contributed by atoms with E-state index in [9.17, 15) is 4.79 Å². The van der Waals surface area contributed by atoms with Gasteiger partial charge in [-0.15, -0.1) is 0 Å². The minimum absolute atomic E-state index is 0.0718. The standard InChI is InChI=1S/C20H16ClIN2O2/c1-12-9-14(13(2)24(12)17-6-3-15(22)4-7-17)11-23-16-5-8-18(20(25)26)19(21)10-16/h3-11H,1-2H3,(H,25,26). The number of aromatic nitrogens is 1. The summed E-state index contributed by atoms with van der Waals surface area (Å²) in [5.41, 5.74) is 4.99. The van der Waals surface area contributed by atoms with Gasteiger partial charge in [0, 0.05) is 32.4 Å². The Morgan fingerprint density at radius 1 is 1.15 bits per heavy atom. The summed E-state index contributed by atoms with van der Waals surface area (Å²) in [4.78, 5) is 15.5. The van der Waals surface area contributed by atoms with Gasteiger partial charge in [-0.2, -0.15) is 0 Å². The second-order valence-electron chi connectivity index (χ2n) is 5.87. The highest BCUT2D eigenvalue weighted by Crippen LogP contribution is 2.24. The Hall–Kier alpha value is -2.12. The molecule has 0 saturated heterocycles. The monoisotopic (exact) mass is 478 g/mol. The zero-order valence-corrected chi connectivity index (χ0v) is 17.1. The van der Waals surface area contributed by atoms with E-state index in [-0.39, 0.29) is 10.6 Å². The smallest absolute Gasteiger partial charge is 0.337 e. The summed E-state index contributed by atoms with van der Waals surface area (Å²) in [6.45, 7) is 4.10. The average molecular weight is 479 g/mol. The quantitative estimate of drug-likeness (QED) is 0.380. The first kappa shape index (κ1) is 18.7. The van der Waals surface area contributed by atoms with Gasteiger partial charge in [-0.3, -0.25) is 4.99 Å². The molecule has 0 spiro atoms. The van der Waals surface area contributed by atoms with Crippen LogP contribution in [0.3, 0.4) is 0 Å². The lowest BCUT2D eigenvalue weighted by Gasteiger charge is -2.09. The molecule has 4 nitrogen and oxygen atoms in total. The molecule has 0 saturated carbocycles. The van der Waals surface area contributed by atoms with Gasteiger partial charge >= 0.3 is 5.97 Å². The summed E-state index contributed by atoms with van der Waals surface area (Å²) in [6.07, 6.45) is 1.78.